The van der Waals surface area contributed by atoms with Crippen molar-refractivity contribution in [2.75, 3.05) is 40.1 Å². The Morgan fingerprint density at radius 3 is 2.26 bits per heavy atom. The van der Waals surface area contributed by atoms with Crippen molar-refractivity contribution in [1.82, 2.24) is 9.80 Å². The van der Waals surface area contributed by atoms with Gasteiger partial charge in [-0.1, -0.05) is 18.2 Å². The summed E-state index contributed by atoms with van der Waals surface area (Å²) in [6.07, 6.45) is 2.06. The lowest BCUT2D eigenvalue weighted by Gasteiger charge is -2.45. The van der Waals surface area contributed by atoms with Crippen molar-refractivity contribution in [2.45, 2.75) is 24.7 Å². The van der Waals surface area contributed by atoms with Gasteiger partial charge >= 0.3 is 5.97 Å². The van der Waals surface area contributed by atoms with E-state index in [4.69, 9.17) is 14.2 Å². The second-order valence-electron chi connectivity index (χ2n) is 8.99. The Morgan fingerprint density at radius 1 is 0.971 bits per heavy atom. The van der Waals surface area contributed by atoms with Crippen LogP contribution in [0.2, 0.25) is 0 Å². The van der Waals surface area contributed by atoms with Crippen molar-refractivity contribution in [3.8, 4) is 17.2 Å². The average Bonchev–Trinajstić information content (AvgIpc) is 3.56. The minimum Gasteiger partial charge on any atom is -0.497 e. The third kappa shape index (κ3) is 4.05. The molecule has 2 aromatic rings. The highest BCUT2D eigenvalue weighted by Crippen LogP contribution is 2.45. The molecule has 0 aliphatic carbocycles. The molecular weight excluding hydrogens is 436 g/mol. The molecule has 3 aliphatic heterocycles. The number of benzene rings is 2. The SMILES string of the molecule is COc1ccc([C@H]2CN(C(=C=O)N3CCCC3)C[C@H](c3ccc4c(c3)OCO4)[C@@H]2C(=O)O)cc1. The molecule has 0 amide bonds. The Balaban J connectivity index is 1.56. The van der Waals surface area contributed by atoms with Crippen LogP contribution in [0.15, 0.2) is 48.3 Å². The van der Waals surface area contributed by atoms with Gasteiger partial charge in [0.1, 0.15) is 5.75 Å². The molecular formula is C26H28N2O6. The quantitative estimate of drug-likeness (QED) is 0.653. The minimum absolute atomic E-state index is 0.152. The van der Waals surface area contributed by atoms with Crippen molar-refractivity contribution >= 4 is 11.9 Å². The van der Waals surface area contributed by atoms with E-state index >= 15 is 0 Å². The Morgan fingerprint density at radius 2 is 1.62 bits per heavy atom. The number of rotatable bonds is 6. The third-order valence-electron chi connectivity index (χ3n) is 7.15. The molecule has 0 unspecified atom stereocenters. The molecule has 8 heteroatoms. The molecule has 0 radical (unpaired) electrons. The summed E-state index contributed by atoms with van der Waals surface area (Å²) >= 11 is 0. The smallest absolute Gasteiger partial charge is 0.307 e. The highest BCUT2D eigenvalue weighted by Gasteiger charge is 2.44. The monoisotopic (exact) mass is 464 g/mol. The molecule has 1 N–H and O–H groups in total. The van der Waals surface area contributed by atoms with Gasteiger partial charge in [0, 0.05) is 38.0 Å². The van der Waals surface area contributed by atoms with Crippen molar-refractivity contribution in [1.29, 1.82) is 0 Å². The first-order valence-electron chi connectivity index (χ1n) is 11.6. The Kier molecular flexibility index (Phi) is 6.07. The van der Waals surface area contributed by atoms with E-state index in [0.29, 0.717) is 36.2 Å². The molecule has 2 aromatic carbocycles. The normalized spacial score (nSPS) is 23.5. The van der Waals surface area contributed by atoms with Crippen molar-refractivity contribution in [3.05, 3.63) is 59.4 Å². The number of carboxylic acid groups (broad SMARTS) is 1. The zero-order valence-electron chi connectivity index (χ0n) is 19.1. The molecule has 8 nitrogen and oxygen atoms in total. The lowest BCUT2D eigenvalue weighted by Crippen LogP contribution is -2.49. The van der Waals surface area contributed by atoms with E-state index < -0.39 is 11.9 Å². The number of piperidine rings is 1. The van der Waals surface area contributed by atoms with Gasteiger partial charge in [0.05, 0.1) is 13.0 Å². The van der Waals surface area contributed by atoms with E-state index in [9.17, 15) is 14.7 Å². The summed E-state index contributed by atoms with van der Waals surface area (Å²) in [5, 5.41) is 10.4. The van der Waals surface area contributed by atoms with Gasteiger partial charge in [-0.05, 0) is 48.2 Å². The molecule has 0 saturated carbocycles. The number of likely N-dealkylation sites (tertiary alicyclic amines) is 2. The number of ether oxygens (including phenoxy) is 3. The first-order chi connectivity index (χ1) is 16.6. The van der Waals surface area contributed by atoms with Crippen LogP contribution < -0.4 is 14.2 Å². The summed E-state index contributed by atoms with van der Waals surface area (Å²) in [5.41, 5.74) is 1.75. The van der Waals surface area contributed by atoms with Crippen LogP contribution in [0.25, 0.3) is 0 Å². The van der Waals surface area contributed by atoms with E-state index in [1.165, 1.54) is 0 Å². The largest absolute Gasteiger partial charge is 0.497 e. The van der Waals surface area contributed by atoms with Gasteiger partial charge in [0.2, 0.25) is 6.79 Å². The number of carbonyl (C=O) groups excluding carboxylic acids is 1. The van der Waals surface area contributed by atoms with Crippen LogP contribution in [0.5, 0.6) is 17.2 Å². The number of methoxy groups -OCH3 is 1. The van der Waals surface area contributed by atoms with Gasteiger partial charge in [-0.3, -0.25) is 4.79 Å². The van der Waals surface area contributed by atoms with Gasteiger partial charge in [-0.15, -0.1) is 0 Å². The van der Waals surface area contributed by atoms with E-state index in [-0.39, 0.29) is 18.6 Å². The Labute approximate surface area is 198 Å². The van der Waals surface area contributed by atoms with Crippen LogP contribution >= 0.6 is 0 Å². The maximum atomic E-state index is 12.7. The lowest BCUT2D eigenvalue weighted by atomic mass is 9.71. The second-order valence-corrected chi connectivity index (χ2v) is 8.99. The lowest BCUT2D eigenvalue weighted by molar-refractivity contribution is -0.145. The highest BCUT2D eigenvalue weighted by molar-refractivity contribution is 5.74. The third-order valence-corrected chi connectivity index (χ3v) is 7.15. The summed E-state index contributed by atoms with van der Waals surface area (Å²) in [4.78, 5) is 28.9. The van der Waals surface area contributed by atoms with E-state index in [1.807, 2.05) is 47.4 Å². The molecule has 0 bridgehead atoms. The predicted octanol–water partition coefficient (Wildman–Crippen LogP) is 3.08. The fourth-order valence-corrected chi connectivity index (χ4v) is 5.45. The topological polar surface area (TPSA) is 88.5 Å². The summed E-state index contributed by atoms with van der Waals surface area (Å²) < 4.78 is 16.3. The first-order valence-corrected chi connectivity index (χ1v) is 11.6. The molecule has 0 spiro atoms. The Hall–Kier alpha value is -3.64. The number of nitrogens with zero attached hydrogens (tertiary/aromatic N) is 2. The van der Waals surface area contributed by atoms with Crippen LogP contribution in [-0.4, -0.2) is 66.9 Å². The van der Waals surface area contributed by atoms with Gasteiger partial charge in [-0.25, -0.2) is 4.79 Å². The van der Waals surface area contributed by atoms with Gasteiger partial charge < -0.3 is 29.1 Å². The molecule has 3 heterocycles. The van der Waals surface area contributed by atoms with Crippen molar-refractivity contribution < 1.29 is 28.9 Å². The number of hydrogen-bond acceptors (Lipinski definition) is 7. The molecule has 0 aromatic heterocycles. The molecule has 34 heavy (non-hydrogen) atoms. The van der Waals surface area contributed by atoms with E-state index in [2.05, 4.69) is 10.8 Å². The summed E-state index contributed by atoms with van der Waals surface area (Å²) in [5.74, 6) is 2.43. The number of carboxylic acids is 1. The van der Waals surface area contributed by atoms with Gasteiger partial charge in [0.25, 0.3) is 0 Å². The van der Waals surface area contributed by atoms with E-state index in [0.717, 1.165) is 37.1 Å². The molecule has 178 valence electrons. The summed E-state index contributed by atoms with van der Waals surface area (Å²) in [6, 6.07) is 13.1. The predicted molar refractivity (Wildman–Crippen MR) is 124 cm³/mol. The van der Waals surface area contributed by atoms with Crippen LogP contribution in [0.4, 0.5) is 0 Å². The van der Waals surface area contributed by atoms with Crippen LogP contribution in [0.1, 0.15) is 35.8 Å². The fourth-order valence-electron chi connectivity index (χ4n) is 5.45. The summed E-state index contributed by atoms with van der Waals surface area (Å²) in [7, 11) is 1.60. The number of hydrogen-bond donors (Lipinski definition) is 1. The van der Waals surface area contributed by atoms with Crippen LogP contribution in [0, 0.1) is 5.92 Å². The molecule has 3 aliphatic rings. The number of fused-ring (bicyclic) bond motifs is 1. The zero-order valence-corrected chi connectivity index (χ0v) is 19.1. The maximum Gasteiger partial charge on any atom is 0.307 e. The van der Waals surface area contributed by atoms with Crippen LogP contribution in [0.3, 0.4) is 0 Å². The molecule has 5 rings (SSSR count). The number of carbonyl (C=O) groups is 1. The standard InChI is InChI=1S/C26H28N2O6/c1-32-19-7-4-17(5-8-19)20-13-28(24(15-29)27-10-2-3-11-27)14-21(25(20)26(30)31)18-6-9-22-23(12-18)34-16-33-22/h4-9,12,20-21,25H,2-3,10-11,13-14,16H2,1H3,(H,30,31)/t20-,21-,25-/m1/s1. The van der Waals surface area contributed by atoms with E-state index in [1.54, 1.807) is 7.11 Å². The van der Waals surface area contributed by atoms with Gasteiger partial charge in [0.15, 0.2) is 23.3 Å². The number of aliphatic carboxylic acids is 1. The fraction of sp³-hybridized carbons (Fsp3) is 0.423. The first kappa shape index (κ1) is 22.2. The highest BCUT2D eigenvalue weighted by atomic mass is 16.7. The van der Waals surface area contributed by atoms with Gasteiger partial charge in [-0.2, -0.15) is 0 Å². The molecule has 2 saturated heterocycles. The van der Waals surface area contributed by atoms with Crippen LogP contribution in [-0.2, 0) is 9.59 Å². The minimum atomic E-state index is -0.860. The van der Waals surface area contributed by atoms with Crippen molar-refractivity contribution in [3.63, 3.8) is 0 Å². The zero-order chi connectivity index (χ0) is 23.7. The van der Waals surface area contributed by atoms with Crippen molar-refractivity contribution in [2.24, 2.45) is 5.92 Å². The molecule has 3 atom stereocenters. The maximum absolute atomic E-state index is 12.7. The average molecular weight is 465 g/mol. The Bertz CT molecular complexity index is 1100. The molecule has 2 fully saturated rings. The second kappa shape index (κ2) is 9.31. The summed E-state index contributed by atoms with van der Waals surface area (Å²) in [6.45, 7) is 2.60.